The van der Waals surface area contributed by atoms with Gasteiger partial charge in [-0.2, -0.15) is 0 Å². The van der Waals surface area contributed by atoms with E-state index in [2.05, 4.69) is 5.32 Å². The summed E-state index contributed by atoms with van der Waals surface area (Å²) in [6.45, 7) is 0. The van der Waals surface area contributed by atoms with Crippen molar-refractivity contribution in [3.63, 3.8) is 0 Å². The number of nitrogens with one attached hydrogen (secondary N) is 1. The molecule has 0 aliphatic carbocycles. The predicted octanol–water partition coefficient (Wildman–Crippen LogP) is 4.30. The Morgan fingerprint density at radius 3 is 2.42 bits per heavy atom. The van der Waals surface area contributed by atoms with Crippen molar-refractivity contribution in [2.24, 2.45) is 0 Å². The summed E-state index contributed by atoms with van der Waals surface area (Å²) in [5.41, 5.74) is 2.37. The van der Waals surface area contributed by atoms with Gasteiger partial charge in [-0.05, 0) is 34.5 Å². The first-order chi connectivity index (χ1) is 12.6. The van der Waals surface area contributed by atoms with Gasteiger partial charge >= 0.3 is 0 Å². The maximum Gasteiger partial charge on any atom is 0.200 e. The van der Waals surface area contributed by atoms with Crippen molar-refractivity contribution in [3.8, 4) is 17.2 Å². The van der Waals surface area contributed by atoms with Gasteiger partial charge in [0.2, 0.25) is 5.75 Å². The molecule has 1 aliphatic heterocycles. The van der Waals surface area contributed by atoms with Crippen molar-refractivity contribution in [1.82, 2.24) is 0 Å². The molecule has 2 N–H and O–H groups in total. The highest BCUT2D eigenvalue weighted by atomic mass is 16.5. The van der Waals surface area contributed by atoms with Gasteiger partial charge in [-0.1, -0.05) is 30.3 Å². The first-order valence-corrected chi connectivity index (χ1v) is 8.38. The van der Waals surface area contributed by atoms with Crippen LogP contribution in [0.25, 0.3) is 10.8 Å². The van der Waals surface area contributed by atoms with Crippen LogP contribution in [0.1, 0.15) is 28.4 Å². The van der Waals surface area contributed by atoms with Crippen LogP contribution < -0.4 is 14.8 Å². The van der Waals surface area contributed by atoms with Gasteiger partial charge in [0.05, 0.1) is 20.3 Å². The van der Waals surface area contributed by atoms with E-state index in [-0.39, 0.29) is 17.6 Å². The molecule has 0 amide bonds. The van der Waals surface area contributed by atoms with Crippen molar-refractivity contribution in [1.29, 1.82) is 0 Å². The lowest BCUT2D eigenvalue weighted by molar-refractivity contribution is 0.0974. The van der Waals surface area contributed by atoms with Gasteiger partial charge in [-0.25, -0.2) is 0 Å². The summed E-state index contributed by atoms with van der Waals surface area (Å²) in [6.07, 6.45) is 0.318. The third-order valence-corrected chi connectivity index (χ3v) is 4.83. The predicted molar refractivity (Wildman–Crippen MR) is 100 cm³/mol. The Bertz CT molecular complexity index is 987. The number of ether oxygens (including phenoxy) is 2. The summed E-state index contributed by atoms with van der Waals surface area (Å²) >= 11 is 0. The molecule has 0 radical (unpaired) electrons. The van der Waals surface area contributed by atoms with Gasteiger partial charge in [0.1, 0.15) is 0 Å². The fraction of sp³-hybridized carbons (Fsp3) is 0.190. The van der Waals surface area contributed by atoms with E-state index in [4.69, 9.17) is 9.47 Å². The van der Waals surface area contributed by atoms with Crippen LogP contribution in [-0.2, 0) is 0 Å². The molecule has 1 heterocycles. The van der Waals surface area contributed by atoms with E-state index in [1.807, 2.05) is 36.4 Å². The molecule has 0 saturated heterocycles. The molecular weight excluding hydrogens is 330 g/mol. The summed E-state index contributed by atoms with van der Waals surface area (Å²) in [5, 5.41) is 15.6. The van der Waals surface area contributed by atoms with Crippen LogP contribution in [0.15, 0.2) is 48.5 Å². The summed E-state index contributed by atoms with van der Waals surface area (Å²) in [6, 6.07) is 15.1. The smallest absolute Gasteiger partial charge is 0.200 e. The largest absolute Gasteiger partial charge is 0.502 e. The first-order valence-electron chi connectivity index (χ1n) is 8.38. The zero-order chi connectivity index (χ0) is 18.3. The summed E-state index contributed by atoms with van der Waals surface area (Å²) in [5.74, 6) is 0.676. The van der Waals surface area contributed by atoms with Crippen LogP contribution in [0.3, 0.4) is 0 Å². The molecule has 4 rings (SSSR count). The third kappa shape index (κ3) is 2.52. The number of ketones is 1. The minimum atomic E-state index is -0.223. The van der Waals surface area contributed by atoms with Crippen molar-refractivity contribution in [2.75, 3.05) is 19.5 Å². The first kappa shape index (κ1) is 16.3. The van der Waals surface area contributed by atoms with Crippen LogP contribution in [0.5, 0.6) is 17.2 Å². The zero-order valence-corrected chi connectivity index (χ0v) is 14.6. The molecule has 3 aromatic carbocycles. The molecule has 5 nitrogen and oxygen atoms in total. The molecule has 1 aliphatic rings. The Balaban J connectivity index is 1.79. The summed E-state index contributed by atoms with van der Waals surface area (Å²) in [4.78, 5) is 12.9. The fourth-order valence-electron chi connectivity index (χ4n) is 3.53. The molecule has 26 heavy (non-hydrogen) atoms. The third-order valence-electron chi connectivity index (χ3n) is 4.83. The highest BCUT2D eigenvalue weighted by molar-refractivity contribution is 6.14. The zero-order valence-electron chi connectivity index (χ0n) is 14.6. The number of hydrogen-bond donors (Lipinski definition) is 2. The lowest BCUT2D eigenvalue weighted by Crippen LogP contribution is -2.23. The second-order valence-electron chi connectivity index (χ2n) is 6.31. The van der Waals surface area contributed by atoms with E-state index in [0.29, 0.717) is 17.9 Å². The van der Waals surface area contributed by atoms with Crippen LogP contribution >= 0.6 is 0 Å². The SMILES string of the molecule is COc1cc([C@H]2CC(=O)c3c(ccc4ccccc34)N2)cc(OC)c1O. The van der Waals surface area contributed by atoms with Gasteiger partial charge in [0.15, 0.2) is 17.3 Å². The number of phenolic OH excluding ortho intramolecular Hbond substituents is 1. The highest BCUT2D eigenvalue weighted by Crippen LogP contribution is 2.42. The Morgan fingerprint density at radius 2 is 1.73 bits per heavy atom. The van der Waals surface area contributed by atoms with Crippen molar-refractivity contribution in [3.05, 3.63) is 59.7 Å². The van der Waals surface area contributed by atoms with E-state index in [9.17, 15) is 9.90 Å². The molecule has 0 unspecified atom stereocenters. The van der Waals surface area contributed by atoms with Gasteiger partial charge < -0.3 is 19.9 Å². The number of Topliss-reactive ketones (excluding diaryl/α,β-unsaturated/α-hetero) is 1. The average Bonchev–Trinajstić information content (AvgIpc) is 2.67. The Morgan fingerprint density at radius 1 is 1.04 bits per heavy atom. The molecule has 132 valence electrons. The molecule has 0 fully saturated rings. The molecule has 5 heteroatoms. The molecule has 1 atom stereocenters. The van der Waals surface area contributed by atoms with E-state index >= 15 is 0 Å². The van der Waals surface area contributed by atoms with Gasteiger partial charge in [-0.15, -0.1) is 0 Å². The fourth-order valence-corrected chi connectivity index (χ4v) is 3.53. The standard InChI is InChI=1S/C21H19NO4/c1-25-18-9-13(10-19(26-2)21(18)24)16-11-17(23)20-14-6-4-3-5-12(14)7-8-15(20)22-16/h3-10,16,22,24H,11H2,1-2H3/t16-/m1/s1. The van der Waals surface area contributed by atoms with Crippen molar-refractivity contribution < 1.29 is 19.4 Å². The minimum absolute atomic E-state index is 0.0488. The number of methoxy groups -OCH3 is 2. The summed E-state index contributed by atoms with van der Waals surface area (Å²) in [7, 11) is 2.97. The highest BCUT2D eigenvalue weighted by Gasteiger charge is 2.28. The maximum absolute atomic E-state index is 12.9. The monoisotopic (exact) mass is 349 g/mol. The topological polar surface area (TPSA) is 67.8 Å². The van der Waals surface area contributed by atoms with Crippen LogP contribution in [-0.4, -0.2) is 25.1 Å². The number of rotatable bonds is 3. The number of benzene rings is 3. The number of hydrogen-bond acceptors (Lipinski definition) is 5. The molecule has 0 aromatic heterocycles. The van der Waals surface area contributed by atoms with Gasteiger partial charge in [0.25, 0.3) is 0 Å². The van der Waals surface area contributed by atoms with Crippen LogP contribution in [0, 0.1) is 0 Å². The Hall–Kier alpha value is -3.21. The van der Waals surface area contributed by atoms with Crippen molar-refractivity contribution >= 4 is 22.2 Å². The molecule has 0 saturated carbocycles. The number of fused-ring (bicyclic) bond motifs is 3. The quantitative estimate of drug-likeness (QED) is 0.738. The van der Waals surface area contributed by atoms with Crippen LogP contribution in [0.4, 0.5) is 5.69 Å². The number of aromatic hydroxyl groups is 1. The minimum Gasteiger partial charge on any atom is -0.502 e. The van der Waals surface area contributed by atoms with E-state index in [1.54, 1.807) is 12.1 Å². The summed E-state index contributed by atoms with van der Waals surface area (Å²) < 4.78 is 10.5. The second-order valence-corrected chi connectivity index (χ2v) is 6.31. The molecule has 3 aromatic rings. The maximum atomic E-state index is 12.9. The number of carbonyl (C=O) groups excluding carboxylic acids is 1. The van der Waals surface area contributed by atoms with Crippen LogP contribution in [0.2, 0.25) is 0 Å². The normalized spacial score (nSPS) is 16.1. The van der Waals surface area contributed by atoms with Gasteiger partial charge in [0, 0.05) is 17.7 Å². The molecular formula is C21H19NO4. The molecule has 0 bridgehead atoms. The number of anilines is 1. The second kappa shape index (κ2) is 6.26. The van der Waals surface area contributed by atoms with Crippen molar-refractivity contribution in [2.45, 2.75) is 12.5 Å². The lowest BCUT2D eigenvalue weighted by Gasteiger charge is -2.28. The Labute approximate surface area is 151 Å². The number of phenols is 1. The van der Waals surface area contributed by atoms with Gasteiger partial charge in [-0.3, -0.25) is 4.79 Å². The Kier molecular flexibility index (Phi) is 3.92. The lowest BCUT2D eigenvalue weighted by atomic mass is 9.89. The van der Waals surface area contributed by atoms with E-state index < -0.39 is 0 Å². The van der Waals surface area contributed by atoms with E-state index in [0.717, 1.165) is 27.6 Å². The number of carbonyl (C=O) groups is 1. The van der Waals surface area contributed by atoms with E-state index in [1.165, 1.54) is 14.2 Å². The average molecular weight is 349 g/mol. The molecule has 0 spiro atoms.